The maximum absolute atomic E-state index is 5.78. The van der Waals surface area contributed by atoms with E-state index in [1.807, 2.05) is 12.1 Å². The predicted octanol–water partition coefficient (Wildman–Crippen LogP) is 4.17. The minimum atomic E-state index is 0. The molecule has 0 aliphatic heterocycles. The lowest BCUT2D eigenvalue weighted by molar-refractivity contribution is 0.306. The largest absolute Gasteiger partial charge is 0.489 e. The highest BCUT2D eigenvalue weighted by Gasteiger charge is 2.02. The average molecular weight is 254 g/mol. The number of benzene rings is 2. The van der Waals surface area contributed by atoms with Crippen molar-refractivity contribution in [2.75, 3.05) is 0 Å². The molecule has 0 saturated heterocycles. The van der Waals surface area contributed by atoms with Gasteiger partial charge in [-0.25, -0.2) is 0 Å². The van der Waals surface area contributed by atoms with E-state index in [2.05, 4.69) is 57.0 Å². The van der Waals surface area contributed by atoms with E-state index in [0.717, 1.165) is 5.75 Å². The second-order valence-corrected chi connectivity index (χ2v) is 5.00. The van der Waals surface area contributed by atoms with Gasteiger partial charge in [0.25, 0.3) is 0 Å². The van der Waals surface area contributed by atoms with Gasteiger partial charge in [-0.3, -0.25) is 0 Å². The van der Waals surface area contributed by atoms with Gasteiger partial charge in [0.15, 0.2) is 6.71 Å². The maximum Gasteiger partial charge on any atom is 0.169 e. The summed E-state index contributed by atoms with van der Waals surface area (Å²) < 4.78 is 5.78. The van der Waals surface area contributed by atoms with Crippen molar-refractivity contribution in [3.05, 3.63) is 59.7 Å². The van der Waals surface area contributed by atoms with Crippen LogP contribution in [0.5, 0.6) is 5.75 Å². The lowest BCUT2D eigenvalue weighted by Gasteiger charge is -2.08. The highest BCUT2D eigenvalue weighted by molar-refractivity contribution is 6.70. The second-order valence-electron chi connectivity index (χ2n) is 5.00. The smallest absolute Gasteiger partial charge is 0.169 e. The number of aryl methyl sites for hydroxylation is 1. The zero-order valence-corrected chi connectivity index (χ0v) is 11.3. The Kier molecular flexibility index (Phi) is 5.69. The van der Waals surface area contributed by atoms with Crippen molar-refractivity contribution in [3.63, 3.8) is 0 Å². The average Bonchev–Trinajstić information content (AvgIpc) is 2.37. The Balaban J connectivity index is 0.00000180. The van der Waals surface area contributed by atoms with E-state index in [9.17, 15) is 0 Å². The van der Waals surface area contributed by atoms with E-state index in [-0.39, 0.29) is 7.43 Å². The fourth-order valence-electron chi connectivity index (χ4n) is 1.92. The molecular formula is C17H23BO. The molecule has 0 aliphatic carbocycles. The molecule has 1 nitrogen and oxygen atoms in total. The van der Waals surface area contributed by atoms with Crippen molar-refractivity contribution in [1.29, 1.82) is 0 Å². The molecule has 0 unspecified atom stereocenters. The van der Waals surface area contributed by atoms with Gasteiger partial charge >= 0.3 is 0 Å². The first-order valence-corrected chi connectivity index (χ1v) is 6.43. The van der Waals surface area contributed by atoms with Crippen molar-refractivity contribution in [2.45, 2.75) is 34.6 Å². The zero-order valence-electron chi connectivity index (χ0n) is 11.3. The molecule has 0 aliphatic rings. The molecule has 2 aromatic carbocycles. The molecule has 0 bridgehead atoms. The van der Waals surface area contributed by atoms with Crippen LogP contribution in [0.3, 0.4) is 0 Å². The molecule has 2 rings (SSSR count). The van der Waals surface area contributed by atoms with Gasteiger partial charge < -0.3 is 4.74 Å². The van der Waals surface area contributed by atoms with Gasteiger partial charge in [-0.15, -0.1) is 0 Å². The van der Waals surface area contributed by atoms with Gasteiger partial charge in [0, 0.05) is 0 Å². The molecule has 0 heterocycles. The quantitative estimate of drug-likeness (QED) is 0.744. The number of rotatable bonds is 4. The van der Waals surface area contributed by atoms with E-state index >= 15 is 0 Å². The monoisotopic (exact) mass is 254 g/mol. The molecule has 0 atom stereocenters. The van der Waals surface area contributed by atoms with Crippen molar-refractivity contribution < 1.29 is 4.74 Å². The summed E-state index contributed by atoms with van der Waals surface area (Å²) in [5.41, 5.74) is 3.83. The van der Waals surface area contributed by atoms with Gasteiger partial charge in [0.2, 0.25) is 0 Å². The van der Waals surface area contributed by atoms with Crippen molar-refractivity contribution in [1.82, 2.24) is 0 Å². The summed E-state index contributed by atoms with van der Waals surface area (Å²) in [6.45, 7) is 7.69. The van der Waals surface area contributed by atoms with E-state index < -0.39 is 0 Å². The van der Waals surface area contributed by atoms with Gasteiger partial charge in [-0.2, -0.15) is 0 Å². The van der Waals surface area contributed by atoms with Crippen LogP contribution in [0.2, 0.25) is 13.6 Å². The predicted molar refractivity (Wildman–Crippen MR) is 85.8 cm³/mol. The molecule has 100 valence electrons. The van der Waals surface area contributed by atoms with E-state index in [1.165, 1.54) is 16.6 Å². The fraction of sp³-hybridized carbons (Fsp3) is 0.294. The molecule has 0 N–H and O–H groups in total. The highest BCUT2D eigenvalue weighted by Crippen LogP contribution is 2.12. The van der Waals surface area contributed by atoms with Crippen molar-refractivity contribution in [2.24, 2.45) is 0 Å². The molecule has 0 spiro atoms. The van der Waals surface area contributed by atoms with Crippen LogP contribution in [0.1, 0.15) is 18.6 Å². The first-order valence-electron chi connectivity index (χ1n) is 6.43. The summed E-state index contributed by atoms with van der Waals surface area (Å²) in [4.78, 5) is 0. The summed E-state index contributed by atoms with van der Waals surface area (Å²) in [6.07, 6.45) is 0. The van der Waals surface area contributed by atoms with Crippen LogP contribution in [-0.4, -0.2) is 6.71 Å². The minimum absolute atomic E-state index is 0. The van der Waals surface area contributed by atoms with Crippen LogP contribution in [0.4, 0.5) is 0 Å². The Bertz CT molecular complexity index is 503. The Labute approximate surface area is 117 Å². The molecule has 0 fully saturated rings. The van der Waals surface area contributed by atoms with Crippen LogP contribution in [-0.2, 0) is 6.61 Å². The summed E-state index contributed by atoms with van der Waals surface area (Å²) >= 11 is 0. The molecule has 2 heteroatoms. The molecule has 0 amide bonds. The van der Waals surface area contributed by atoms with E-state index in [1.54, 1.807) is 0 Å². The third-order valence-corrected chi connectivity index (χ3v) is 3.03. The maximum atomic E-state index is 5.78. The summed E-state index contributed by atoms with van der Waals surface area (Å²) in [6, 6.07) is 16.8. The lowest BCUT2D eigenvalue weighted by atomic mass is 9.49. The van der Waals surface area contributed by atoms with Gasteiger partial charge in [0.1, 0.15) is 12.4 Å². The van der Waals surface area contributed by atoms with Crippen LogP contribution in [0, 0.1) is 6.92 Å². The van der Waals surface area contributed by atoms with Gasteiger partial charge in [0.05, 0.1) is 0 Å². The SMILES string of the molecule is C.CB(C)c1ccc(OCc2cccc(C)c2)cc1. The normalized spacial score (nSPS) is 9.63. The van der Waals surface area contributed by atoms with Crippen LogP contribution in [0.25, 0.3) is 0 Å². The Hall–Kier alpha value is -1.70. The van der Waals surface area contributed by atoms with Gasteiger partial charge in [-0.1, -0.05) is 68.5 Å². The standard InChI is InChI=1S/C16H19BO.CH4/c1-13-5-4-6-14(11-13)12-18-16-9-7-15(8-10-16)17(2)3;/h4-11H,12H2,1-3H3;1H4. The summed E-state index contributed by atoms with van der Waals surface area (Å²) in [7, 11) is 0. The van der Waals surface area contributed by atoms with Crippen LogP contribution in [0.15, 0.2) is 48.5 Å². The first-order chi connectivity index (χ1) is 8.65. The topological polar surface area (TPSA) is 9.23 Å². The number of hydrogen-bond donors (Lipinski definition) is 0. The first kappa shape index (κ1) is 15.4. The van der Waals surface area contributed by atoms with Crippen molar-refractivity contribution >= 4 is 12.2 Å². The van der Waals surface area contributed by atoms with E-state index in [4.69, 9.17) is 4.74 Å². The highest BCUT2D eigenvalue weighted by atomic mass is 16.5. The van der Waals surface area contributed by atoms with Gasteiger partial charge in [-0.05, 0) is 24.6 Å². The van der Waals surface area contributed by atoms with Crippen LogP contribution < -0.4 is 10.2 Å². The summed E-state index contributed by atoms with van der Waals surface area (Å²) in [5.74, 6) is 0.931. The molecule has 0 aromatic heterocycles. The summed E-state index contributed by atoms with van der Waals surface area (Å²) in [5, 5.41) is 0. The Morgan fingerprint density at radius 1 is 1.00 bits per heavy atom. The molecule has 2 aromatic rings. The molecule has 0 radical (unpaired) electrons. The number of ether oxygens (including phenoxy) is 1. The van der Waals surface area contributed by atoms with Crippen molar-refractivity contribution in [3.8, 4) is 5.75 Å². The fourth-order valence-corrected chi connectivity index (χ4v) is 1.92. The Morgan fingerprint density at radius 3 is 2.26 bits per heavy atom. The Morgan fingerprint density at radius 2 is 1.68 bits per heavy atom. The molecule has 19 heavy (non-hydrogen) atoms. The third-order valence-electron chi connectivity index (χ3n) is 3.03. The lowest BCUT2D eigenvalue weighted by Crippen LogP contribution is -2.21. The molecule has 0 saturated carbocycles. The third kappa shape index (κ3) is 4.48. The zero-order chi connectivity index (χ0) is 13.0. The number of hydrogen-bond acceptors (Lipinski definition) is 1. The minimum Gasteiger partial charge on any atom is -0.489 e. The second kappa shape index (κ2) is 7.03. The molecular weight excluding hydrogens is 231 g/mol. The van der Waals surface area contributed by atoms with E-state index in [0.29, 0.717) is 13.3 Å². The van der Waals surface area contributed by atoms with Crippen LogP contribution >= 0.6 is 0 Å².